The van der Waals surface area contributed by atoms with E-state index in [0.717, 1.165) is 12.1 Å². The highest BCUT2D eigenvalue weighted by molar-refractivity contribution is 6.27. The number of halogens is 5. The molecule has 1 aromatic carbocycles. The summed E-state index contributed by atoms with van der Waals surface area (Å²) in [6, 6.07) is 2.20. The van der Waals surface area contributed by atoms with Gasteiger partial charge in [-0.15, -0.1) is 11.6 Å². The lowest BCUT2D eigenvalue weighted by molar-refractivity contribution is -0.138. The van der Waals surface area contributed by atoms with Crippen LogP contribution in [-0.2, 0) is 17.4 Å². The Morgan fingerprint density at radius 3 is 2.44 bits per heavy atom. The topological polar surface area (TPSA) is 17.1 Å². The van der Waals surface area contributed by atoms with Gasteiger partial charge < -0.3 is 0 Å². The Kier molecular flexibility index (Phi) is 3.91. The molecule has 0 bridgehead atoms. The van der Waals surface area contributed by atoms with Crippen LogP contribution in [-0.4, -0.2) is 11.7 Å². The second-order valence-corrected chi connectivity index (χ2v) is 3.42. The monoisotopic (exact) mass is 254 g/mol. The maximum atomic E-state index is 12.7. The zero-order chi connectivity index (χ0) is 12.3. The number of ketones is 1. The van der Waals surface area contributed by atoms with Crippen LogP contribution >= 0.6 is 11.6 Å². The normalized spacial score (nSPS) is 11.6. The van der Waals surface area contributed by atoms with E-state index >= 15 is 0 Å². The lowest BCUT2D eigenvalue weighted by Gasteiger charge is -2.11. The van der Waals surface area contributed by atoms with Gasteiger partial charge in [0.2, 0.25) is 0 Å². The first-order chi connectivity index (χ1) is 7.34. The molecule has 0 spiro atoms. The summed E-state index contributed by atoms with van der Waals surface area (Å²) in [5.41, 5.74) is -1.40. The molecule has 1 aromatic rings. The van der Waals surface area contributed by atoms with E-state index in [1.807, 2.05) is 0 Å². The molecule has 0 fully saturated rings. The molecular formula is C10H7ClF4O. The summed E-state index contributed by atoms with van der Waals surface area (Å²) in [5, 5.41) is 0. The third-order valence-electron chi connectivity index (χ3n) is 1.91. The first-order valence-corrected chi connectivity index (χ1v) is 4.81. The van der Waals surface area contributed by atoms with Gasteiger partial charge in [0, 0.05) is 6.42 Å². The maximum absolute atomic E-state index is 12.7. The van der Waals surface area contributed by atoms with Crippen molar-refractivity contribution in [1.29, 1.82) is 0 Å². The van der Waals surface area contributed by atoms with Crippen LogP contribution in [0.25, 0.3) is 0 Å². The molecule has 0 aliphatic rings. The van der Waals surface area contributed by atoms with Crippen molar-refractivity contribution in [3.63, 3.8) is 0 Å². The molecule has 0 amide bonds. The SMILES string of the molecule is O=C(CCl)Cc1ccc(F)cc1C(F)(F)F. The predicted molar refractivity (Wildman–Crippen MR) is 50.8 cm³/mol. The van der Waals surface area contributed by atoms with E-state index in [4.69, 9.17) is 11.6 Å². The highest BCUT2D eigenvalue weighted by atomic mass is 35.5. The number of carbonyl (C=O) groups is 1. The minimum Gasteiger partial charge on any atom is -0.298 e. The van der Waals surface area contributed by atoms with Gasteiger partial charge in [0.25, 0.3) is 0 Å². The summed E-state index contributed by atoms with van der Waals surface area (Å²) in [6.45, 7) is 0. The second-order valence-electron chi connectivity index (χ2n) is 3.15. The molecular weight excluding hydrogens is 248 g/mol. The van der Waals surface area contributed by atoms with Gasteiger partial charge in [-0.1, -0.05) is 6.07 Å². The second kappa shape index (κ2) is 4.82. The summed E-state index contributed by atoms with van der Waals surface area (Å²) in [6.07, 6.45) is -5.12. The fraction of sp³-hybridized carbons (Fsp3) is 0.300. The Labute approximate surface area is 94.0 Å². The summed E-state index contributed by atoms with van der Waals surface area (Å²) in [4.78, 5) is 11.0. The first kappa shape index (κ1) is 13.0. The maximum Gasteiger partial charge on any atom is 0.416 e. The molecule has 0 aliphatic carbocycles. The van der Waals surface area contributed by atoms with Crippen LogP contribution in [0.1, 0.15) is 11.1 Å². The molecule has 1 nitrogen and oxygen atoms in total. The van der Waals surface area contributed by atoms with Crippen LogP contribution in [0.4, 0.5) is 17.6 Å². The van der Waals surface area contributed by atoms with E-state index in [2.05, 4.69) is 0 Å². The van der Waals surface area contributed by atoms with Crippen molar-refractivity contribution in [3.8, 4) is 0 Å². The van der Waals surface area contributed by atoms with Crippen LogP contribution in [0.5, 0.6) is 0 Å². The van der Waals surface area contributed by atoms with Crippen LogP contribution in [0, 0.1) is 5.82 Å². The van der Waals surface area contributed by atoms with Crippen LogP contribution < -0.4 is 0 Å². The van der Waals surface area contributed by atoms with Gasteiger partial charge in [-0.05, 0) is 17.7 Å². The molecule has 0 heterocycles. The molecule has 0 N–H and O–H groups in total. The molecule has 88 valence electrons. The van der Waals surface area contributed by atoms with Gasteiger partial charge in [0.05, 0.1) is 11.4 Å². The van der Waals surface area contributed by atoms with E-state index in [-0.39, 0.29) is 11.4 Å². The zero-order valence-corrected chi connectivity index (χ0v) is 8.70. The molecule has 0 aromatic heterocycles. The molecule has 6 heteroatoms. The van der Waals surface area contributed by atoms with Crippen LogP contribution in [0.3, 0.4) is 0 Å². The summed E-state index contributed by atoms with van der Waals surface area (Å²) >= 11 is 5.19. The Hall–Kier alpha value is -1.10. The van der Waals surface area contributed by atoms with Crippen molar-refractivity contribution in [1.82, 2.24) is 0 Å². The van der Waals surface area contributed by atoms with Gasteiger partial charge in [-0.3, -0.25) is 4.79 Å². The molecule has 16 heavy (non-hydrogen) atoms. The van der Waals surface area contributed by atoms with E-state index in [1.165, 1.54) is 0 Å². The quantitative estimate of drug-likeness (QED) is 0.598. The molecule has 1 rings (SSSR count). The molecule has 0 aliphatic heterocycles. The van der Waals surface area contributed by atoms with Crippen LogP contribution in [0.15, 0.2) is 18.2 Å². The molecule has 0 radical (unpaired) electrons. The highest BCUT2D eigenvalue weighted by Gasteiger charge is 2.33. The zero-order valence-electron chi connectivity index (χ0n) is 7.94. The van der Waals surface area contributed by atoms with Gasteiger partial charge in [-0.2, -0.15) is 13.2 Å². The van der Waals surface area contributed by atoms with Gasteiger partial charge in [-0.25, -0.2) is 4.39 Å². The number of alkyl halides is 4. The van der Waals surface area contributed by atoms with E-state index in [9.17, 15) is 22.4 Å². The predicted octanol–water partition coefficient (Wildman–Crippen LogP) is 3.19. The standard InChI is InChI=1S/C10H7ClF4O/c11-5-8(16)3-6-1-2-7(12)4-9(6)10(13,14)15/h1-2,4H,3,5H2. The van der Waals surface area contributed by atoms with Crippen molar-refractivity contribution in [3.05, 3.63) is 35.1 Å². The molecule has 0 saturated carbocycles. The summed E-state index contributed by atoms with van der Waals surface area (Å²) in [5.74, 6) is -1.90. The lowest BCUT2D eigenvalue weighted by atomic mass is 10.0. The van der Waals surface area contributed by atoms with Crippen molar-refractivity contribution in [2.75, 3.05) is 5.88 Å². The number of carbonyl (C=O) groups excluding carboxylic acids is 1. The summed E-state index contributed by atoms with van der Waals surface area (Å²) < 4.78 is 50.1. The third-order valence-corrected chi connectivity index (χ3v) is 2.21. The van der Waals surface area contributed by atoms with E-state index in [0.29, 0.717) is 6.07 Å². The summed E-state index contributed by atoms with van der Waals surface area (Å²) in [7, 11) is 0. The van der Waals surface area contributed by atoms with Crippen molar-refractivity contribution < 1.29 is 22.4 Å². The number of rotatable bonds is 3. The van der Waals surface area contributed by atoms with Crippen molar-refractivity contribution >= 4 is 17.4 Å². The van der Waals surface area contributed by atoms with Gasteiger partial charge in [0.15, 0.2) is 5.78 Å². The van der Waals surface area contributed by atoms with Crippen molar-refractivity contribution in [2.45, 2.75) is 12.6 Å². The van der Waals surface area contributed by atoms with E-state index < -0.39 is 29.8 Å². The molecule has 0 saturated heterocycles. The van der Waals surface area contributed by atoms with Gasteiger partial charge in [0.1, 0.15) is 5.82 Å². The Morgan fingerprint density at radius 1 is 1.31 bits per heavy atom. The minimum absolute atomic E-state index is 0.264. The smallest absolute Gasteiger partial charge is 0.298 e. The average Bonchev–Trinajstić information content (AvgIpc) is 2.19. The van der Waals surface area contributed by atoms with Crippen molar-refractivity contribution in [2.24, 2.45) is 0 Å². The number of Topliss-reactive ketones (excluding diaryl/α,β-unsaturated/α-hetero) is 1. The lowest BCUT2D eigenvalue weighted by Crippen LogP contribution is -2.13. The van der Waals surface area contributed by atoms with Gasteiger partial charge >= 0.3 is 6.18 Å². The number of benzene rings is 1. The Bertz CT molecular complexity index is 400. The van der Waals surface area contributed by atoms with Crippen LogP contribution in [0.2, 0.25) is 0 Å². The average molecular weight is 255 g/mol. The third kappa shape index (κ3) is 3.20. The van der Waals surface area contributed by atoms with E-state index in [1.54, 1.807) is 0 Å². The fourth-order valence-corrected chi connectivity index (χ4v) is 1.32. The fourth-order valence-electron chi connectivity index (χ4n) is 1.23. The molecule has 0 atom stereocenters. The number of hydrogen-bond acceptors (Lipinski definition) is 1. The minimum atomic E-state index is -4.68. The molecule has 0 unspecified atom stereocenters. The highest BCUT2D eigenvalue weighted by Crippen LogP contribution is 2.32. The Balaban J connectivity index is 3.13. The first-order valence-electron chi connectivity index (χ1n) is 4.28. The Morgan fingerprint density at radius 2 is 1.94 bits per heavy atom. The largest absolute Gasteiger partial charge is 0.416 e. The number of hydrogen-bond donors (Lipinski definition) is 0.